The van der Waals surface area contributed by atoms with E-state index in [1.54, 1.807) is 7.11 Å². The van der Waals surface area contributed by atoms with Gasteiger partial charge >= 0.3 is 6.03 Å². The van der Waals surface area contributed by atoms with Crippen LogP contribution in [0.25, 0.3) is 0 Å². The first-order chi connectivity index (χ1) is 12.2. The lowest BCUT2D eigenvalue weighted by Crippen LogP contribution is -2.41. The summed E-state index contributed by atoms with van der Waals surface area (Å²) in [7, 11) is 1.61. The maximum Gasteiger partial charge on any atom is 0.315 e. The lowest BCUT2D eigenvalue weighted by molar-refractivity contribution is 0.103. The fraction of sp³-hybridized carbons (Fsp3) is 0.350. The van der Waals surface area contributed by atoms with Gasteiger partial charge in [-0.25, -0.2) is 4.79 Å². The smallest absolute Gasteiger partial charge is 0.315 e. The monoisotopic (exact) mass is 342 g/mol. The number of aliphatic hydroxyl groups is 1. The van der Waals surface area contributed by atoms with E-state index in [4.69, 9.17) is 4.74 Å². The van der Waals surface area contributed by atoms with Crippen LogP contribution in [0, 0.1) is 0 Å². The van der Waals surface area contributed by atoms with E-state index in [0.717, 1.165) is 17.5 Å². The van der Waals surface area contributed by atoms with Gasteiger partial charge in [0.2, 0.25) is 0 Å². The van der Waals surface area contributed by atoms with Gasteiger partial charge in [-0.15, -0.1) is 0 Å². The van der Waals surface area contributed by atoms with E-state index in [0.29, 0.717) is 6.54 Å². The van der Waals surface area contributed by atoms with Gasteiger partial charge in [-0.1, -0.05) is 61.5 Å². The number of rotatable bonds is 8. The van der Waals surface area contributed by atoms with Crippen LogP contribution in [0.1, 0.15) is 35.8 Å². The van der Waals surface area contributed by atoms with Crippen LogP contribution in [-0.2, 0) is 11.2 Å². The summed E-state index contributed by atoms with van der Waals surface area (Å²) in [6, 6.07) is 16.8. The van der Waals surface area contributed by atoms with Crippen LogP contribution >= 0.6 is 0 Å². The second kappa shape index (κ2) is 9.81. The van der Waals surface area contributed by atoms with Crippen LogP contribution in [0.5, 0.6) is 0 Å². The zero-order valence-corrected chi connectivity index (χ0v) is 14.7. The lowest BCUT2D eigenvalue weighted by atomic mass is 10.0. The first kappa shape index (κ1) is 19.0. The van der Waals surface area contributed by atoms with E-state index in [-0.39, 0.29) is 18.7 Å². The van der Waals surface area contributed by atoms with E-state index in [2.05, 4.69) is 17.6 Å². The van der Waals surface area contributed by atoms with Crippen LogP contribution in [0.2, 0.25) is 0 Å². The molecular weight excluding hydrogens is 316 g/mol. The topological polar surface area (TPSA) is 70.6 Å². The summed E-state index contributed by atoms with van der Waals surface area (Å²) < 4.78 is 5.44. The van der Waals surface area contributed by atoms with Crippen molar-refractivity contribution in [1.29, 1.82) is 0 Å². The summed E-state index contributed by atoms with van der Waals surface area (Å²) in [6.07, 6.45) is 0.735. The highest BCUT2D eigenvalue weighted by Crippen LogP contribution is 2.16. The number of hydrogen-bond acceptors (Lipinski definition) is 3. The zero-order chi connectivity index (χ0) is 18.1. The standard InChI is InChI=1S/C20H26N2O3/c1-3-15-9-11-16(12-10-15)18(14-23)22-20(24)21-13-19(25-2)17-7-5-4-6-8-17/h4-12,18-19,23H,3,13-14H2,1-2H3,(H2,21,22,24). The fourth-order valence-electron chi connectivity index (χ4n) is 2.62. The molecule has 0 aliphatic carbocycles. The maximum atomic E-state index is 12.2. The van der Waals surface area contributed by atoms with Crippen molar-refractivity contribution in [2.75, 3.05) is 20.3 Å². The molecule has 2 unspecified atom stereocenters. The third-order valence-corrected chi connectivity index (χ3v) is 4.18. The molecule has 0 saturated heterocycles. The molecule has 0 radical (unpaired) electrons. The summed E-state index contributed by atoms with van der Waals surface area (Å²) in [5, 5.41) is 15.2. The van der Waals surface area contributed by atoms with Crippen molar-refractivity contribution in [3.05, 3.63) is 71.3 Å². The highest BCUT2D eigenvalue weighted by molar-refractivity contribution is 5.74. The Bertz CT molecular complexity index is 644. The Kier molecular flexibility index (Phi) is 7.44. The Balaban J connectivity index is 1.90. The van der Waals surface area contributed by atoms with Crippen molar-refractivity contribution < 1.29 is 14.6 Å². The molecule has 0 bridgehead atoms. The van der Waals surface area contributed by atoms with E-state index < -0.39 is 6.04 Å². The Morgan fingerprint density at radius 1 is 1.08 bits per heavy atom. The summed E-state index contributed by atoms with van der Waals surface area (Å²) in [5.41, 5.74) is 3.09. The maximum absolute atomic E-state index is 12.2. The highest BCUT2D eigenvalue weighted by atomic mass is 16.5. The summed E-state index contributed by atoms with van der Waals surface area (Å²) in [6.45, 7) is 2.27. The molecule has 25 heavy (non-hydrogen) atoms. The van der Waals surface area contributed by atoms with Gasteiger partial charge in [0.1, 0.15) is 0 Å². The Hall–Kier alpha value is -2.37. The number of ether oxygens (including phenoxy) is 1. The molecule has 5 nitrogen and oxygen atoms in total. The quantitative estimate of drug-likeness (QED) is 0.691. The van der Waals surface area contributed by atoms with Gasteiger partial charge in [-0.3, -0.25) is 0 Å². The van der Waals surface area contributed by atoms with Crippen LogP contribution in [0.3, 0.4) is 0 Å². The Morgan fingerprint density at radius 2 is 1.76 bits per heavy atom. The number of carbonyl (C=O) groups excluding carboxylic acids is 1. The summed E-state index contributed by atoms with van der Waals surface area (Å²) in [5.74, 6) is 0. The molecule has 2 rings (SSSR count). The van der Waals surface area contributed by atoms with Crippen LogP contribution < -0.4 is 10.6 Å². The van der Waals surface area contributed by atoms with Crippen molar-refractivity contribution in [3.8, 4) is 0 Å². The van der Waals surface area contributed by atoms with Gasteiger partial charge in [0, 0.05) is 13.7 Å². The number of aliphatic hydroxyl groups excluding tert-OH is 1. The van der Waals surface area contributed by atoms with Crippen molar-refractivity contribution in [2.24, 2.45) is 0 Å². The predicted octanol–water partition coefficient (Wildman–Crippen LogP) is 2.97. The average molecular weight is 342 g/mol. The molecule has 0 heterocycles. The Labute approximate surface area is 149 Å². The first-order valence-corrected chi connectivity index (χ1v) is 8.49. The van der Waals surface area contributed by atoms with E-state index in [1.165, 1.54) is 5.56 Å². The second-order valence-electron chi connectivity index (χ2n) is 5.82. The minimum absolute atomic E-state index is 0.161. The molecule has 3 N–H and O–H groups in total. The van der Waals surface area contributed by atoms with Gasteiger partial charge in [0.25, 0.3) is 0 Å². The van der Waals surface area contributed by atoms with E-state index >= 15 is 0 Å². The van der Waals surface area contributed by atoms with Crippen molar-refractivity contribution in [1.82, 2.24) is 10.6 Å². The Morgan fingerprint density at radius 3 is 2.32 bits per heavy atom. The number of nitrogens with one attached hydrogen (secondary N) is 2. The minimum Gasteiger partial charge on any atom is -0.394 e. The molecule has 2 aromatic carbocycles. The molecular formula is C20H26N2O3. The number of methoxy groups -OCH3 is 1. The molecule has 0 fully saturated rings. The van der Waals surface area contributed by atoms with Gasteiger partial charge in [-0.05, 0) is 23.1 Å². The number of aryl methyl sites for hydroxylation is 1. The second-order valence-corrected chi connectivity index (χ2v) is 5.82. The SMILES string of the molecule is CCc1ccc(C(CO)NC(=O)NCC(OC)c2ccccc2)cc1. The fourth-order valence-corrected chi connectivity index (χ4v) is 2.62. The summed E-state index contributed by atoms with van der Waals surface area (Å²) >= 11 is 0. The van der Waals surface area contributed by atoms with Crippen molar-refractivity contribution in [2.45, 2.75) is 25.5 Å². The van der Waals surface area contributed by atoms with Gasteiger partial charge in [-0.2, -0.15) is 0 Å². The number of benzene rings is 2. The van der Waals surface area contributed by atoms with Gasteiger partial charge in [0.05, 0.1) is 18.8 Å². The molecule has 0 aliphatic heterocycles. The number of carbonyl (C=O) groups is 1. The lowest BCUT2D eigenvalue weighted by Gasteiger charge is -2.20. The third-order valence-electron chi connectivity index (χ3n) is 4.18. The molecule has 134 valence electrons. The minimum atomic E-state index is -0.441. The zero-order valence-electron chi connectivity index (χ0n) is 14.7. The average Bonchev–Trinajstić information content (AvgIpc) is 2.67. The first-order valence-electron chi connectivity index (χ1n) is 8.49. The van der Waals surface area contributed by atoms with Gasteiger partial charge in [0.15, 0.2) is 0 Å². The van der Waals surface area contributed by atoms with Crippen molar-refractivity contribution >= 4 is 6.03 Å². The number of urea groups is 1. The molecule has 0 saturated carbocycles. The van der Waals surface area contributed by atoms with Crippen molar-refractivity contribution in [3.63, 3.8) is 0 Å². The molecule has 0 aromatic heterocycles. The summed E-state index contributed by atoms with van der Waals surface area (Å²) in [4.78, 5) is 12.2. The predicted molar refractivity (Wildman–Crippen MR) is 98.4 cm³/mol. The highest BCUT2D eigenvalue weighted by Gasteiger charge is 2.16. The number of amides is 2. The molecule has 2 atom stereocenters. The van der Waals surface area contributed by atoms with E-state index in [9.17, 15) is 9.90 Å². The van der Waals surface area contributed by atoms with Crippen LogP contribution in [0.4, 0.5) is 4.79 Å². The van der Waals surface area contributed by atoms with Crippen LogP contribution in [-0.4, -0.2) is 31.4 Å². The normalized spacial score (nSPS) is 13.1. The largest absolute Gasteiger partial charge is 0.394 e. The molecule has 2 aromatic rings. The van der Waals surface area contributed by atoms with Crippen LogP contribution in [0.15, 0.2) is 54.6 Å². The number of hydrogen-bond donors (Lipinski definition) is 3. The molecule has 0 aliphatic rings. The third kappa shape index (κ3) is 5.59. The molecule has 0 spiro atoms. The molecule has 2 amide bonds. The van der Waals surface area contributed by atoms with Gasteiger partial charge < -0.3 is 20.5 Å². The molecule has 5 heteroatoms. The van der Waals surface area contributed by atoms with E-state index in [1.807, 2.05) is 54.6 Å².